The average Bonchev–Trinajstić information content (AvgIpc) is 2.95. The fraction of sp³-hybridized carbons (Fsp3) is 0.385. The van der Waals surface area contributed by atoms with Crippen LogP contribution >= 0.6 is 0 Å². The van der Waals surface area contributed by atoms with Crippen molar-refractivity contribution in [1.82, 2.24) is 4.90 Å². The first-order chi connectivity index (χ1) is 8.51. The van der Waals surface area contributed by atoms with E-state index in [0.29, 0.717) is 18.7 Å². The smallest absolute Gasteiger partial charge is 0.311 e. The maximum Gasteiger partial charge on any atom is 0.311 e. The van der Waals surface area contributed by atoms with E-state index in [-0.39, 0.29) is 12.5 Å². The van der Waals surface area contributed by atoms with E-state index in [2.05, 4.69) is 0 Å². The van der Waals surface area contributed by atoms with Crippen LogP contribution in [0.2, 0.25) is 0 Å². The molecule has 96 valence electrons. The number of likely N-dealkylation sites (tertiary alicyclic amines) is 1. The fourth-order valence-electron chi connectivity index (χ4n) is 1.97. The molecule has 2 heterocycles. The summed E-state index contributed by atoms with van der Waals surface area (Å²) in [7, 11) is 0. The topological polar surface area (TPSA) is 70.8 Å². The van der Waals surface area contributed by atoms with Crippen LogP contribution in [0, 0.1) is 5.41 Å². The molecule has 2 rings (SSSR count). The van der Waals surface area contributed by atoms with Crippen LogP contribution in [-0.2, 0) is 9.59 Å². The van der Waals surface area contributed by atoms with Gasteiger partial charge in [0.1, 0.15) is 5.76 Å². The van der Waals surface area contributed by atoms with Gasteiger partial charge in [-0.1, -0.05) is 0 Å². The first-order valence-electron chi connectivity index (χ1n) is 5.75. The molecule has 1 aromatic heterocycles. The van der Waals surface area contributed by atoms with Crippen LogP contribution in [0.15, 0.2) is 28.9 Å². The molecule has 5 nitrogen and oxygen atoms in total. The largest absolute Gasteiger partial charge is 0.481 e. The Morgan fingerprint density at radius 2 is 2.33 bits per heavy atom. The van der Waals surface area contributed by atoms with Gasteiger partial charge in [0, 0.05) is 19.2 Å². The Morgan fingerprint density at radius 1 is 1.56 bits per heavy atom. The molecule has 1 fully saturated rings. The molecule has 1 aliphatic heterocycles. The molecule has 1 aromatic rings. The van der Waals surface area contributed by atoms with Crippen LogP contribution in [0.3, 0.4) is 0 Å². The number of carbonyl (C=O) groups excluding carboxylic acids is 1. The molecule has 0 aliphatic carbocycles. The maximum atomic E-state index is 11.9. The van der Waals surface area contributed by atoms with Gasteiger partial charge in [0.05, 0.1) is 11.7 Å². The summed E-state index contributed by atoms with van der Waals surface area (Å²) >= 11 is 0. The SMILES string of the molecule is C[C@@]1(C(=O)O)CCN(C(=O)/C=C\c2ccco2)C1. The van der Waals surface area contributed by atoms with Gasteiger partial charge in [0.15, 0.2) is 0 Å². The van der Waals surface area contributed by atoms with Crippen molar-refractivity contribution in [1.29, 1.82) is 0 Å². The number of aliphatic carboxylic acids is 1. The second kappa shape index (κ2) is 4.68. The number of hydrogen-bond acceptors (Lipinski definition) is 3. The Bertz CT molecular complexity index is 477. The van der Waals surface area contributed by atoms with Crippen molar-refractivity contribution >= 4 is 18.0 Å². The average molecular weight is 249 g/mol. The molecular weight excluding hydrogens is 234 g/mol. The molecule has 1 N–H and O–H groups in total. The summed E-state index contributed by atoms with van der Waals surface area (Å²) in [5.74, 6) is -0.437. The zero-order valence-electron chi connectivity index (χ0n) is 10.1. The lowest BCUT2D eigenvalue weighted by atomic mass is 9.90. The minimum Gasteiger partial charge on any atom is -0.481 e. The Labute approximate surface area is 105 Å². The monoisotopic (exact) mass is 249 g/mol. The van der Waals surface area contributed by atoms with Crippen LogP contribution in [0.25, 0.3) is 6.08 Å². The van der Waals surface area contributed by atoms with Crippen LogP contribution in [0.5, 0.6) is 0 Å². The molecule has 0 radical (unpaired) electrons. The first kappa shape index (κ1) is 12.4. The summed E-state index contributed by atoms with van der Waals surface area (Å²) < 4.78 is 5.07. The van der Waals surface area contributed by atoms with Crippen molar-refractivity contribution in [2.24, 2.45) is 5.41 Å². The summed E-state index contributed by atoms with van der Waals surface area (Å²) in [5, 5.41) is 9.08. The number of nitrogens with zero attached hydrogens (tertiary/aromatic N) is 1. The second-order valence-electron chi connectivity index (χ2n) is 4.72. The van der Waals surface area contributed by atoms with Crippen LogP contribution in [0.1, 0.15) is 19.1 Å². The number of furan rings is 1. The number of carboxylic acids is 1. The quantitative estimate of drug-likeness (QED) is 0.826. The van der Waals surface area contributed by atoms with Crippen molar-refractivity contribution < 1.29 is 19.1 Å². The highest BCUT2D eigenvalue weighted by atomic mass is 16.4. The van der Waals surface area contributed by atoms with E-state index in [1.54, 1.807) is 30.0 Å². The van der Waals surface area contributed by atoms with Crippen molar-refractivity contribution in [2.75, 3.05) is 13.1 Å². The van der Waals surface area contributed by atoms with E-state index in [4.69, 9.17) is 9.52 Å². The van der Waals surface area contributed by atoms with Gasteiger partial charge in [-0.05, 0) is 31.6 Å². The number of amides is 1. The summed E-state index contributed by atoms with van der Waals surface area (Å²) in [6.45, 7) is 2.40. The molecule has 18 heavy (non-hydrogen) atoms. The summed E-state index contributed by atoms with van der Waals surface area (Å²) in [6.07, 6.45) is 5.01. The number of carbonyl (C=O) groups is 2. The number of hydrogen-bond donors (Lipinski definition) is 1. The lowest BCUT2D eigenvalue weighted by molar-refractivity contribution is -0.147. The molecule has 1 aliphatic rings. The summed E-state index contributed by atoms with van der Waals surface area (Å²) in [5.41, 5.74) is -0.825. The Morgan fingerprint density at radius 3 is 2.89 bits per heavy atom. The molecule has 1 saturated heterocycles. The molecule has 0 aromatic carbocycles. The van der Waals surface area contributed by atoms with Crippen LogP contribution in [-0.4, -0.2) is 35.0 Å². The minimum atomic E-state index is -0.854. The fourth-order valence-corrected chi connectivity index (χ4v) is 1.97. The van der Waals surface area contributed by atoms with E-state index in [0.717, 1.165) is 0 Å². The highest BCUT2D eigenvalue weighted by Crippen LogP contribution is 2.30. The molecule has 1 amide bonds. The Balaban J connectivity index is 1.98. The third-order valence-corrected chi connectivity index (χ3v) is 3.23. The van der Waals surface area contributed by atoms with Gasteiger partial charge in [-0.2, -0.15) is 0 Å². The third kappa shape index (κ3) is 2.45. The molecule has 0 saturated carbocycles. The van der Waals surface area contributed by atoms with E-state index < -0.39 is 11.4 Å². The minimum absolute atomic E-state index is 0.184. The van der Waals surface area contributed by atoms with E-state index in [9.17, 15) is 9.59 Å². The van der Waals surface area contributed by atoms with E-state index >= 15 is 0 Å². The maximum absolute atomic E-state index is 11.9. The van der Waals surface area contributed by atoms with Gasteiger partial charge in [-0.3, -0.25) is 9.59 Å². The molecule has 0 spiro atoms. The molecule has 0 bridgehead atoms. The zero-order valence-corrected chi connectivity index (χ0v) is 10.1. The Hall–Kier alpha value is -2.04. The lowest BCUT2D eigenvalue weighted by Gasteiger charge is -2.18. The predicted molar refractivity (Wildman–Crippen MR) is 64.7 cm³/mol. The number of rotatable bonds is 3. The van der Waals surface area contributed by atoms with Gasteiger partial charge >= 0.3 is 5.97 Å². The summed E-state index contributed by atoms with van der Waals surface area (Å²) in [4.78, 5) is 24.5. The van der Waals surface area contributed by atoms with Crippen molar-refractivity contribution in [2.45, 2.75) is 13.3 Å². The van der Waals surface area contributed by atoms with Crippen molar-refractivity contribution in [3.05, 3.63) is 30.2 Å². The van der Waals surface area contributed by atoms with Crippen LogP contribution in [0.4, 0.5) is 0 Å². The van der Waals surface area contributed by atoms with Crippen molar-refractivity contribution in [3.63, 3.8) is 0 Å². The molecule has 1 atom stereocenters. The third-order valence-electron chi connectivity index (χ3n) is 3.23. The first-order valence-corrected chi connectivity index (χ1v) is 5.75. The van der Waals surface area contributed by atoms with Gasteiger partial charge in [0.25, 0.3) is 0 Å². The normalized spacial score (nSPS) is 23.7. The Kier molecular flexibility index (Phi) is 3.23. The predicted octanol–water partition coefficient (Wildman–Crippen LogP) is 1.62. The molecular formula is C13H15NO4. The van der Waals surface area contributed by atoms with Gasteiger partial charge in [-0.25, -0.2) is 0 Å². The highest BCUT2D eigenvalue weighted by molar-refractivity contribution is 5.92. The molecule has 5 heteroatoms. The van der Waals surface area contributed by atoms with E-state index in [1.807, 2.05) is 0 Å². The standard InChI is InChI=1S/C13H15NO4/c1-13(12(16)17)6-7-14(9-13)11(15)5-4-10-3-2-8-18-10/h2-5,8H,6-7,9H2,1H3,(H,16,17)/b5-4-/t13-/m1/s1. The van der Waals surface area contributed by atoms with Crippen LogP contribution < -0.4 is 0 Å². The van der Waals surface area contributed by atoms with Gasteiger partial charge in [-0.15, -0.1) is 0 Å². The lowest BCUT2D eigenvalue weighted by Crippen LogP contribution is -2.34. The summed E-state index contributed by atoms with van der Waals surface area (Å²) in [6, 6.07) is 3.48. The molecule has 0 unspecified atom stereocenters. The van der Waals surface area contributed by atoms with Gasteiger partial charge in [0.2, 0.25) is 5.91 Å². The van der Waals surface area contributed by atoms with Crippen molar-refractivity contribution in [3.8, 4) is 0 Å². The van der Waals surface area contributed by atoms with Gasteiger partial charge < -0.3 is 14.4 Å². The second-order valence-corrected chi connectivity index (χ2v) is 4.72. The highest BCUT2D eigenvalue weighted by Gasteiger charge is 2.41. The number of carboxylic acid groups (broad SMARTS) is 1. The zero-order chi connectivity index (χ0) is 13.2. The van der Waals surface area contributed by atoms with E-state index in [1.165, 1.54) is 12.3 Å².